The molecule has 1 aliphatic heterocycles. The van der Waals surface area contributed by atoms with Gasteiger partial charge in [0.05, 0.1) is 0 Å². The van der Waals surface area contributed by atoms with Crippen LogP contribution < -0.4 is 0 Å². The molecule has 0 saturated carbocycles. The van der Waals surface area contributed by atoms with E-state index in [1.165, 1.54) is 0 Å². The first kappa shape index (κ1) is 11.1. The Morgan fingerprint density at radius 2 is 1.56 bits per heavy atom. The lowest BCUT2D eigenvalue weighted by Crippen LogP contribution is -1.88. The topological polar surface area (TPSA) is 35.5 Å². The van der Waals surface area contributed by atoms with Crippen molar-refractivity contribution in [1.82, 2.24) is 0 Å². The van der Waals surface area contributed by atoms with Crippen molar-refractivity contribution in [3.63, 3.8) is 0 Å². The zero-order valence-corrected chi connectivity index (χ0v) is 5.14. The van der Waals surface area contributed by atoms with Gasteiger partial charge in [0.1, 0.15) is 13.2 Å². The molecule has 0 bridgehead atoms. The van der Waals surface area contributed by atoms with Gasteiger partial charge in [-0.2, -0.15) is 0 Å². The van der Waals surface area contributed by atoms with Crippen molar-refractivity contribution in [2.75, 3.05) is 13.2 Å². The van der Waals surface area contributed by atoms with E-state index in [1.807, 2.05) is 13.8 Å². The molecule has 3 heteroatoms. The molecule has 0 aromatic carbocycles. The second kappa shape index (κ2) is 7.27. The normalized spacial score (nSPS) is 13.8. The highest BCUT2D eigenvalue weighted by Crippen LogP contribution is 1.92. The van der Waals surface area contributed by atoms with Crippen molar-refractivity contribution in [1.29, 1.82) is 0 Å². The van der Waals surface area contributed by atoms with E-state index < -0.39 is 6.16 Å². The minimum absolute atomic E-state index is 0. The molecule has 56 valence electrons. The standard InChI is InChI=1S/C3H4O3.C2H6.CH4/c4-3-5-1-2-6-3;1-2;/h1-2H2;1-2H3;1H4. The van der Waals surface area contributed by atoms with Crippen LogP contribution in [0.5, 0.6) is 0 Å². The zero-order valence-electron chi connectivity index (χ0n) is 5.14. The van der Waals surface area contributed by atoms with Gasteiger partial charge in [-0.05, 0) is 0 Å². The Labute approximate surface area is 56.0 Å². The lowest BCUT2D eigenvalue weighted by molar-refractivity contribution is 0.131. The van der Waals surface area contributed by atoms with Crippen molar-refractivity contribution in [2.24, 2.45) is 0 Å². The maximum atomic E-state index is 9.80. The van der Waals surface area contributed by atoms with Crippen molar-refractivity contribution in [2.45, 2.75) is 21.3 Å². The van der Waals surface area contributed by atoms with Gasteiger partial charge in [-0.15, -0.1) is 0 Å². The van der Waals surface area contributed by atoms with Crippen molar-refractivity contribution < 1.29 is 14.3 Å². The predicted molar refractivity (Wildman–Crippen MR) is 35.4 cm³/mol. The number of rotatable bonds is 0. The zero-order chi connectivity index (χ0) is 6.41. The summed E-state index contributed by atoms with van der Waals surface area (Å²) in [4.78, 5) is 9.80. The molecule has 1 aliphatic rings. The number of carbonyl (C=O) groups is 1. The predicted octanol–water partition coefficient (Wildman–Crippen LogP) is 1.82. The Kier molecular flexibility index (Phi) is 8.98. The molecule has 0 spiro atoms. The van der Waals surface area contributed by atoms with Crippen molar-refractivity contribution in [3.8, 4) is 0 Å². The average Bonchev–Trinajstić information content (AvgIpc) is 2.24. The summed E-state index contributed by atoms with van der Waals surface area (Å²) in [6, 6.07) is 0. The van der Waals surface area contributed by atoms with E-state index in [0.717, 1.165) is 0 Å². The molecule has 0 unspecified atom stereocenters. The molecular weight excluding hydrogens is 120 g/mol. The molecule has 1 saturated heterocycles. The Bertz CT molecular complexity index is 62.7. The maximum absolute atomic E-state index is 9.80. The Morgan fingerprint density at radius 1 is 1.22 bits per heavy atom. The number of hydrogen-bond acceptors (Lipinski definition) is 3. The fourth-order valence-electron chi connectivity index (χ4n) is 0.292. The molecular formula is C6H14O3. The minimum Gasteiger partial charge on any atom is -0.431 e. The van der Waals surface area contributed by atoms with Crippen LogP contribution in [0, 0.1) is 0 Å². The van der Waals surface area contributed by atoms with Gasteiger partial charge in [0.25, 0.3) is 0 Å². The van der Waals surface area contributed by atoms with Crippen LogP contribution in [0.15, 0.2) is 0 Å². The first-order valence-electron chi connectivity index (χ1n) is 2.69. The van der Waals surface area contributed by atoms with Gasteiger partial charge in [0.15, 0.2) is 0 Å². The number of ether oxygens (including phenoxy) is 2. The van der Waals surface area contributed by atoms with Crippen LogP contribution in [0.1, 0.15) is 21.3 Å². The highest BCUT2D eigenvalue weighted by Gasteiger charge is 2.09. The van der Waals surface area contributed by atoms with E-state index in [4.69, 9.17) is 0 Å². The lowest BCUT2D eigenvalue weighted by Gasteiger charge is -1.78. The van der Waals surface area contributed by atoms with Gasteiger partial charge in [0, 0.05) is 0 Å². The van der Waals surface area contributed by atoms with Gasteiger partial charge in [0.2, 0.25) is 0 Å². The average molecular weight is 134 g/mol. The van der Waals surface area contributed by atoms with E-state index in [2.05, 4.69) is 9.47 Å². The Morgan fingerprint density at radius 3 is 1.67 bits per heavy atom. The summed E-state index contributed by atoms with van der Waals surface area (Å²) >= 11 is 0. The van der Waals surface area contributed by atoms with Gasteiger partial charge < -0.3 is 9.47 Å². The summed E-state index contributed by atoms with van der Waals surface area (Å²) in [5.41, 5.74) is 0. The quantitative estimate of drug-likeness (QED) is 0.474. The highest BCUT2D eigenvalue weighted by atomic mass is 16.8. The molecule has 1 heterocycles. The van der Waals surface area contributed by atoms with Gasteiger partial charge in [-0.25, -0.2) is 4.79 Å². The molecule has 0 aliphatic carbocycles. The monoisotopic (exact) mass is 134 g/mol. The molecule has 3 nitrogen and oxygen atoms in total. The number of cyclic esters (lactones) is 2. The summed E-state index contributed by atoms with van der Waals surface area (Å²) in [6.45, 7) is 4.83. The van der Waals surface area contributed by atoms with Crippen LogP contribution >= 0.6 is 0 Å². The second-order valence-corrected chi connectivity index (χ2v) is 0.947. The van der Waals surface area contributed by atoms with E-state index in [0.29, 0.717) is 13.2 Å². The molecule has 0 N–H and O–H groups in total. The first-order chi connectivity index (χ1) is 3.89. The van der Waals surface area contributed by atoms with Crippen LogP contribution in [0.25, 0.3) is 0 Å². The number of carbonyl (C=O) groups excluding carboxylic acids is 1. The molecule has 0 aromatic rings. The fourth-order valence-corrected chi connectivity index (χ4v) is 0.292. The van der Waals surface area contributed by atoms with Gasteiger partial charge >= 0.3 is 6.16 Å². The summed E-state index contributed by atoms with van der Waals surface area (Å²) in [6.07, 6.45) is -0.546. The molecule has 0 radical (unpaired) electrons. The highest BCUT2D eigenvalue weighted by molar-refractivity contribution is 5.61. The minimum atomic E-state index is -0.546. The van der Waals surface area contributed by atoms with Crippen LogP contribution in [0.3, 0.4) is 0 Å². The van der Waals surface area contributed by atoms with E-state index in [-0.39, 0.29) is 7.43 Å². The molecule has 1 fully saturated rings. The Hall–Kier alpha value is -0.730. The SMILES string of the molecule is C.CC.O=C1OCCO1. The summed E-state index contributed by atoms with van der Waals surface area (Å²) in [7, 11) is 0. The largest absolute Gasteiger partial charge is 0.508 e. The molecule has 9 heavy (non-hydrogen) atoms. The van der Waals surface area contributed by atoms with Crippen molar-refractivity contribution in [3.05, 3.63) is 0 Å². The van der Waals surface area contributed by atoms with Gasteiger partial charge in [-0.1, -0.05) is 21.3 Å². The second-order valence-electron chi connectivity index (χ2n) is 0.947. The summed E-state index contributed by atoms with van der Waals surface area (Å²) in [5.74, 6) is 0. The van der Waals surface area contributed by atoms with Crippen LogP contribution in [0.4, 0.5) is 4.79 Å². The van der Waals surface area contributed by atoms with Crippen LogP contribution in [-0.2, 0) is 9.47 Å². The van der Waals surface area contributed by atoms with E-state index in [9.17, 15) is 4.79 Å². The fraction of sp³-hybridized carbons (Fsp3) is 0.833. The number of hydrogen-bond donors (Lipinski definition) is 0. The van der Waals surface area contributed by atoms with Crippen molar-refractivity contribution >= 4 is 6.16 Å². The molecule has 1 rings (SSSR count). The Balaban J connectivity index is 0. The lowest BCUT2D eigenvalue weighted by atomic mass is 10.8. The third-order valence-electron chi connectivity index (χ3n) is 0.523. The first-order valence-corrected chi connectivity index (χ1v) is 2.69. The molecule has 0 atom stereocenters. The third kappa shape index (κ3) is 5.14. The smallest absolute Gasteiger partial charge is 0.431 e. The van der Waals surface area contributed by atoms with Crippen LogP contribution in [0.2, 0.25) is 0 Å². The van der Waals surface area contributed by atoms with Gasteiger partial charge in [-0.3, -0.25) is 0 Å². The summed E-state index contributed by atoms with van der Waals surface area (Å²) in [5, 5.41) is 0. The van der Waals surface area contributed by atoms with Crippen LogP contribution in [-0.4, -0.2) is 19.4 Å². The molecule has 0 aromatic heterocycles. The van der Waals surface area contributed by atoms with E-state index in [1.54, 1.807) is 0 Å². The summed E-state index contributed by atoms with van der Waals surface area (Å²) < 4.78 is 8.58. The molecule has 0 amide bonds. The third-order valence-corrected chi connectivity index (χ3v) is 0.523. The maximum Gasteiger partial charge on any atom is 0.508 e. The van der Waals surface area contributed by atoms with E-state index >= 15 is 0 Å².